The number of hydrogen-bond donors (Lipinski definition) is 1. The highest BCUT2D eigenvalue weighted by Crippen LogP contribution is 2.38. The third-order valence-corrected chi connectivity index (χ3v) is 3.82. The molecule has 6 nitrogen and oxygen atoms in total. The fourth-order valence-electron chi connectivity index (χ4n) is 2.92. The number of fused-ring (bicyclic) bond motifs is 1. The Bertz CT molecular complexity index is 544. The van der Waals surface area contributed by atoms with Crippen molar-refractivity contribution >= 4 is 17.3 Å². The molecule has 0 saturated carbocycles. The van der Waals surface area contributed by atoms with Crippen molar-refractivity contribution in [3.63, 3.8) is 0 Å². The van der Waals surface area contributed by atoms with Crippen LogP contribution in [0.1, 0.15) is 30.9 Å². The number of anilines is 1. The Morgan fingerprint density at radius 2 is 2.26 bits per heavy atom. The van der Waals surface area contributed by atoms with Gasteiger partial charge >= 0.3 is 0 Å². The lowest BCUT2D eigenvalue weighted by Gasteiger charge is -2.33. The molecule has 1 saturated heterocycles. The molecule has 0 spiro atoms. The average Bonchev–Trinajstić information content (AvgIpc) is 2.83. The van der Waals surface area contributed by atoms with Gasteiger partial charge in [0.2, 0.25) is 5.91 Å². The van der Waals surface area contributed by atoms with Gasteiger partial charge in [-0.25, -0.2) is 0 Å². The van der Waals surface area contributed by atoms with Crippen molar-refractivity contribution in [2.75, 3.05) is 18.4 Å². The number of carbonyl (C=O) groups is 1. The van der Waals surface area contributed by atoms with Crippen LogP contribution in [0.3, 0.4) is 0 Å². The third-order valence-electron chi connectivity index (χ3n) is 3.82. The summed E-state index contributed by atoms with van der Waals surface area (Å²) in [5.74, 6) is 0.157. The second-order valence-corrected chi connectivity index (χ2v) is 4.95. The molecule has 2 heterocycles. The first kappa shape index (κ1) is 12.0. The molecule has 0 radical (unpaired) electrons. The molecule has 1 fully saturated rings. The Morgan fingerprint density at radius 1 is 1.42 bits per heavy atom. The molecule has 1 amide bonds. The maximum absolute atomic E-state index is 11.9. The van der Waals surface area contributed by atoms with Gasteiger partial charge in [0.1, 0.15) is 0 Å². The van der Waals surface area contributed by atoms with Gasteiger partial charge < -0.3 is 10.2 Å². The lowest BCUT2D eigenvalue weighted by molar-refractivity contribution is -0.384. The second-order valence-electron chi connectivity index (χ2n) is 4.95. The molecule has 19 heavy (non-hydrogen) atoms. The predicted octanol–water partition coefficient (Wildman–Crippen LogP) is 2.07. The molecule has 2 aliphatic heterocycles. The van der Waals surface area contributed by atoms with Crippen LogP contribution in [0, 0.1) is 10.1 Å². The molecule has 1 aromatic rings. The van der Waals surface area contributed by atoms with Crippen molar-refractivity contribution in [3.05, 3.63) is 33.9 Å². The number of rotatable bonds is 2. The van der Waals surface area contributed by atoms with Crippen LogP contribution < -0.4 is 5.32 Å². The van der Waals surface area contributed by atoms with E-state index in [-0.39, 0.29) is 17.6 Å². The first-order valence-electron chi connectivity index (χ1n) is 6.48. The van der Waals surface area contributed by atoms with E-state index in [2.05, 4.69) is 5.32 Å². The Balaban J connectivity index is 2.00. The van der Waals surface area contributed by atoms with E-state index in [1.165, 1.54) is 6.07 Å². The van der Waals surface area contributed by atoms with Crippen LogP contribution in [-0.4, -0.2) is 28.8 Å². The van der Waals surface area contributed by atoms with Gasteiger partial charge in [0.15, 0.2) is 0 Å². The minimum absolute atomic E-state index is 0.0221. The van der Waals surface area contributed by atoms with E-state index < -0.39 is 4.92 Å². The Kier molecular flexibility index (Phi) is 2.85. The molecule has 2 aliphatic rings. The number of benzene rings is 1. The van der Waals surface area contributed by atoms with Gasteiger partial charge in [-0.1, -0.05) is 0 Å². The fourth-order valence-corrected chi connectivity index (χ4v) is 2.92. The van der Waals surface area contributed by atoms with Crippen LogP contribution >= 0.6 is 0 Å². The largest absolute Gasteiger partial charge is 0.385 e. The van der Waals surface area contributed by atoms with Crippen LogP contribution in [0.5, 0.6) is 0 Å². The standard InChI is InChI=1S/C13H15N3O3/c17-13-2-1-7-15(13)12-5-6-14-11-4-3-9(16(18)19)8-10(11)12/h3-4,8,12,14H,1-2,5-7H2. The van der Waals surface area contributed by atoms with Gasteiger partial charge in [-0.15, -0.1) is 0 Å². The monoisotopic (exact) mass is 261 g/mol. The number of nitro groups is 1. The second kappa shape index (κ2) is 4.53. The SMILES string of the molecule is O=C1CCCN1C1CCNc2ccc([N+](=O)[O-])cc21. The van der Waals surface area contributed by atoms with Gasteiger partial charge in [-0.05, 0) is 18.9 Å². The molecule has 0 aromatic heterocycles. The summed E-state index contributed by atoms with van der Waals surface area (Å²) < 4.78 is 0. The molecular formula is C13H15N3O3. The highest BCUT2D eigenvalue weighted by Gasteiger charge is 2.32. The van der Waals surface area contributed by atoms with Crippen molar-refractivity contribution < 1.29 is 9.72 Å². The normalized spacial score (nSPS) is 22.0. The van der Waals surface area contributed by atoms with Crippen molar-refractivity contribution in [1.29, 1.82) is 0 Å². The summed E-state index contributed by atoms with van der Waals surface area (Å²) in [4.78, 5) is 24.2. The van der Waals surface area contributed by atoms with Crippen LogP contribution in [0.2, 0.25) is 0 Å². The minimum Gasteiger partial charge on any atom is -0.385 e. The molecular weight excluding hydrogens is 246 g/mol. The van der Waals surface area contributed by atoms with E-state index in [9.17, 15) is 14.9 Å². The molecule has 6 heteroatoms. The first-order valence-corrected chi connectivity index (χ1v) is 6.48. The van der Waals surface area contributed by atoms with Crippen molar-refractivity contribution in [3.8, 4) is 0 Å². The van der Waals surface area contributed by atoms with Gasteiger partial charge in [0, 0.05) is 42.9 Å². The van der Waals surface area contributed by atoms with E-state index in [4.69, 9.17) is 0 Å². The molecule has 0 bridgehead atoms. The zero-order valence-electron chi connectivity index (χ0n) is 10.5. The van der Waals surface area contributed by atoms with E-state index in [1.54, 1.807) is 12.1 Å². The number of carbonyl (C=O) groups excluding carboxylic acids is 1. The number of nitrogens with one attached hydrogen (secondary N) is 1. The number of hydrogen-bond acceptors (Lipinski definition) is 4. The third kappa shape index (κ3) is 2.03. The summed E-state index contributed by atoms with van der Waals surface area (Å²) >= 11 is 0. The maximum Gasteiger partial charge on any atom is 0.269 e. The molecule has 1 aromatic carbocycles. The first-order chi connectivity index (χ1) is 9.16. The molecule has 100 valence electrons. The quantitative estimate of drug-likeness (QED) is 0.653. The summed E-state index contributed by atoms with van der Waals surface area (Å²) in [5, 5.41) is 14.1. The molecule has 3 rings (SSSR count). The van der Waals surface area contributed by atoms with Crippen molar-refractivity contribution in [1.82, 2.24) is 4.90 Å². The van der Waals surface area contributed by atoms with Crippen molar-refractivity contribution in [2.24, 2.45) is 0 Å². The number of likely N-dealkylation sites (tertiary alicyclic amines) is 1. The Morgan fingerprint density at radius 3 is 2.95 bits per heavy atom. The fraction of sp³-hybridized carbons (Fsp3) is 0.462. The predicted molar refractivity (Wildman–Crippen MR) is 69.9 cm³/mol. The number of amides is 1. The van der Waals surface area contributed by atoms with E-state index >= 15 is 0 Å². The molecule has 1 unspecified atom stereocenters. The highest BCUT2D eigenvalue weighted by molar-refractivity contribution is 5.79. The van der Waals surface area contributed by atoms with Crippen LogP contribution in [0.25, 0.3) is 0 Å². The lowest BCUT2D eigenvalue weighted by Crippen LogP contribution is -2.34. The van der Waals surface area contributed by atoms with Gasteiger partial charge in [0.25, 0.3) is 5.69 Å². The summed E-state index contributed by atoms with van der Waals surface area (Å²) in [7, 11) is 0. The molecule has 0 aliphatic carbocycles. The van der Waals surface area contributed by atoms with E-state index in [0.29, 0.717) is 6.42 Å². The van der Waals surface area contributed by atoms with E-state index in [1.807, 2.05) is 4.90 Å². The average molecular weight is 261 g/mol. The van der Waals surface area contributed by atoms with Crippen LogP contribution in [-0.2, 0) is 4.79 Å². The van der Waals surface area contributed by atoms with E-state index in [0.717, 1.165) is 37.2 Å². The summed E-state index contributed by atoms with van der Waals surface area (Å²) in [6, 6.07) is 4.81. The van der Waals surface area contributed by atoms with Crippen LogP contribution in [0.4, 0.5) is 11.4 Å². The molecule has 1 N–H and O–H groups in total. The van der Waals surface area contributed by atoms with Gasteiger partial charge in [-0.3, -0.25) is 14.9 Å². The number of nitro benzene ring substituents is 1. The Labute approximate surface area is 110 Å². The van der Waals surface area contributed by atoms with Crippen molar-refractivity contribution in [2.45, 2.75) is 25.3 Å². The van der Waals surface area contributed by atoms with Crippen LogP contribution in [0.15, 0.2) is 18.2 Å². The Hall–Kier alpha value is -2.11. The number of non-ortho nitro benzene ring substituents is 1. The van der Waals surface area contributed by atoms with Gasteiger partial charge in [-0.2, -0.15) is 0 Å². The smallest absolute Gasteiger partial charge is 0.269 e. The zero-order chi connectivity index (χ0) is 13.4. The number of nitrogens with zero attached hydrogens (tertiary/aromatic N) is 2. The maximum atomic E-state index is 11.9. The highest BCUT2D eigenvalue weighted by atomic mass is 16.6. The summed E-state index contributed by atoms with van der Waals surface area (Å²) in [6.07, 6.45) is 2.28. The summed E-state index contributed by atoms with van der Waals surface area (Å²) in [6.45, 7) is 1.55. The zero-order valence-corrected chi connectivity index (χ0v) is 10.5. The minimum atomic E-state index is -0.391. The molecule has 1 atom stereocenters. The lowest BCUT2D eigenvalue weighted by atomic mass is 9.96. The topological polar surface area (TPSA) is 75.5 Å². The van der Waals surface area contributed by atoms with Gasteiger partial charge in [0.05, 0.1) is 11.0 Å². The summed E-state index contributed by atoms with van der Waals surface area (Å²) in [5.41, 5.74) is 1.86.